The number of nitrogens with zero attached hydrogens (tertiary/aromatic N) is 3. The van der Waals surface area contributed by atoms with E-state index in [1.54, 1.807) is 0 Å². The minimum absolute atomic E-state index is 0.0649. The number of aromatic nitrogens is 4. The van der Waals surface area contributed by atoms with Gasteiger partial charge in [0.05, 0.1) is 11.7 Å². The maximum absolute atomic E-state index is 12.7. The van der Waals surface area contributed by atoms with E-state index in [0.29, 0.717) is 0 Å². The number of fused-ring (bicyclic) bond motifs is 3. The molecule has 2 N–H and O–H groups in total. The molecule has 4 aromatic rings. The lowest BCUT2D eigenvalue weighted by Gasteiger charge is -2.34. The molecule has 6 nitrogen and oxygen atoms in total. The Morgan fingerprint density at radius 2 is 1.90 bits per heavy atom. The highest BCUT2D eigenvalue weighted by Gasteiger charge is 2.43. The zero-order chi connectivity index (χ0) is 20.3. The number of amides is 1. The number of hydrogen-bond donors (Lipinski definition) is 2. The van der Waals surface area contributed by atoms with Gasteiger partial charge in [-0.25, -0.2) is 4.98 Å². The lowest BCUT2D eigenvalue weighted by atomic mass is 9.77. The van der Waals surface area contributed by atoms with Crippen molar-refractivity contribution < 1.29 is 4.79 Å². The van der Waals surface area contributed by atoms with E-state index >= 15 is 0 Å². The van der Waals surface area contributed by atoms with Crippen LogP contribution < -0.4 is 5.32 Å². The highest BCUT2D eigenvalue weighted by Crippen LogP contribution is 2.45. The van der Waals surface area contributed by atoms with Gasteiger partial charge in [0.15, 0.2) is 0 Å². The average Bonchev–Trinajstić information content (AvgIpc) is 3.45. The van der Waals surface area contributed by atoms with Crippen LogP contribution in [0.15, 0.2) is 49.1 Å². The number of benzene rings is 1. The first-order valence-corrected chi connectivity index (χ1v) is 10.6. The summed E-state index contributed by atoms with van der Waals surface area (Å²) in [5, 5.41) is 8.74. The first-order valence-electron chi connectivity index (χ1n) is 10.6. The summed E-state index contributed by atoms with van der Waals surface area (Å²) in [6.45, 7) is 0. The van der Waals surface area contributed by atoms with Crippen LogP contribution in [-0.2, 0) is 12.6 Å². The Kier molecular flexibility index (Phi) is 3.66. The molecular formula is C24H23N5O. The Morgan fingerprint density at radius 1 is 1.03 bits per heavy atom. The van der Waals surface area contributed by atoms with Crippen LogP contribution in [0.4, 0.5) is 0 Å². The number of H-pyrrole nitrogens is 1. The second-order valence-corrected chi connectivity index (χ2v) is 8.54. The lowest BCUT2D eigenvalue weighted by molar-refractivity contribution is 0.0909. The van der Waals surface area contributed by atoms with E-state index in [9.17, 15) is 4.79 Å². The highest BCUT2D eigenvalue weighted by molar-refractivity contribution is 6.05. The predicted octanol–water partition coefficient (Wildman–Crippen LogP) is 4.53. The SMILES string of the molecule is Cn1cc(-c2ccnc3[nH]cc(-c4ccc5c(c4)C4(CCCCC4)NC5=O)c23)cn1. The smallest absolute Gasteiger partial charge is 0.252 e. The van der Waals surface area contributed by atoms with Gasteiger partial charge < -0.3 is 10.3 Å². The Hall–Kier alpha value is -3.41. The van der Waals surface area contributed by atoms with Crippen LogP contribution in [0.5, 0.6) is 0 Å². The number of aryl methyl sites for hydroxylation is 1. The van der Waals surface area contributed by atoms with Gasteiger partial charge in [0.1, 0.15) is 5.65 Å². The predicted molar refractivity (Wildman–Crippen MR) is 116 cm³/mol. The standard InChI is InChI=1S/C24H23N5O/c1-29-14-16(12-27-29)17-7-10-25-22-21(17)19(13-26-22)15-5-6-18-20(11-15)24(28-23(18)30)8-3-2-4-9-24/h5-7,10-14H,2-4,8-9H2,1H3,(H,25,26)(H,28,30). The molecule has 0 radical (unpaired) electrons. The van der Waals surface area contributed by atoms with Gasteiger partial charge in [-0.2, -0.15) is 5.10 Å². The second kappa shape index (κ2) is 6.29. The van der Waals surface area contributed by atoms with Gasteiger partial charge in [-0.05, 0) is 47.7 Å². The minimum atomic E-state index is -0.197. The zero-order valence-corrected chi connectivity index (χ0v) is 16.9. The van der Waals surface area contributed by atoms with Crippen LogP contribution in [-0.4, -0.2) is 25.7 Å². The van der Waals surface area contributed by atoms with E-state index in [1.807, 2.05) is 48.6 Å². The molecule has 1 saturated carbocycles. The molecule has 30 heavy (non-hydrogen) atoms. The Morgan fingerprint density at radius 3 is 2.70 bits per heavy atom. The maximum Gasteiger partial charge on any atom is 0.252 e. The highest BCUT2D eigenvalue weighted by atomic mass is 16.2. The first kappa shape index (κ1) is 17.4. The third kappa shape index (κ3) is 2.46. The van der Waals surface area contributed by atoms with Crippen molar-refractivity contribution in [3.8, 4) is 22.3 Å². The van der Waals surface area contributed by atoms with Crippen LogP contribution >= 0.6 is 0 Å². The molecule has 4 heterocycles. The number of rotatable bonds is 2. The van der Waals surface area contributed by atoms with Crippen LogP contribution in [0.3, 0.4) is 0 Å². The van der Waals surface area contributed by atoms with Crippen molar-refractivity contribution >= 4 is 16.9 Å². The molecule has 150 valence electrons. The average molecular weight is 397 g/mol. The summed E-state index contributed by atoms with van der Waals surface area (Å²) < 4.78 is 1.81. The van der Waals surface area contributed by atoms with Crippen LogP contribution in [0.25, 0.3) is 33.3 Å². The molecule has 3 aromatic heterocycles. The molecule has 1 aliphatic carbocycles. The fraction of sp³-hybridized carbons (Fsp3) is 0.292. The summed E-state index contributed by atoms with van der Waals surface area (Å²) in [6.07, 6.45) is 13.4. The van der Waals surface area contributed by atoms with Gasteiger partial charge in [-0.3, -0.25) is 9.48 Å². The van der Waals surface area contributed by atoms with Gasteiger partial charge in [0.2, 0.25) is 0 Å². The van der Waals surface area contributed by atoms with E-state index in [0.717, 1.165) is 70.1 Å². The third-order valence-corrected chi connectivity index (χ3v) is 6.74. The summed E-state index contributed by atoms with van der Waals surface area (Å²) in [7, 11) is 1.92. The van der Waals surface area contributed by atoms with Gasteiger partial charge >= 0.3 is 0 Å². The Labute approximate surface area is 174 Å². The molecule has 0 unspecified atom stereocenters. The van der Waals surface area contributed by atoms with E-state index in [-0.39, 0.29) is 11.4 Å². The van der Waals surface area contributed by atoms with Crippen molar-refractivity contribution in [3.05, 3.63) is 60.2 Å². The van der Waals surface area contributed by atoms with E-state index < -0.39 is 0 Å². The summed E-state index contributed by atoms with van der Waals surface area (Å²) in [4.78, 5) is 20.5. The van der Waals surface area contributed by atoms with Crippen LogP contribution in [0.2, 0.25) is 0 Å². The Bertz CT molecular complexity index is 1290. The van der Waals surface area contributed by atoms with E-state index in [4.69, 9.17) is 0 Å². The number of carbonyl (C=O) groups excluding carboxylic acids is 1. The summed E-state index contributed by atoms with van der Waals surface area (Å²) in [5.41, 5.74) is 7.02. The van der Waals surface area contributed by atoms with E-state index in [2.05, 4.69) is 32.5 Å². The van der Waals surface area contributed by atoms with Gasteiger partial charge in [0, 0.05) is 47.7 Å². The molecule has 1 fully saturated rings. The number of nitrogens with one attached hydrogen (secondary N) is 2. The molecular weight excluding hydrogens is 374 g/mol. The zero-order valence-electron chi connectivity index (χ0n) is 16.9. The normalized spacial score (nSPS) is 17.4. The topological polar surface area (TPSA) is 75.6 Å². The molecule has 6 rings (SSSR count). The molecule has 0 bridgehead atoms. The Balaban J connectivity index is 1.54. The summed E-state index contributed by atoms with van der Waals surface area (Å²) in [5.74, 6) is 0.0649. The molecule has 1 amide bonds. The number of carbonyl (C=O) groups is 1. The first-order chi connectivity index (χ1) is 14.6. The second-order valence-electron chi connectivity index (χ2n) is 8.54. The van der Waals surface area contributed by atoms with Crippen LogP contribution in [0, 0.1) is 0 Å². The van der Waals surface area contributed by atoms with Gasteiger partial charge in [-0.15, -0.1) is 0 Å². The van der Waals surface area contributed by atoms with Crippen LogP contribution in [0.1, 0.15) is 48.0 Å². The molecule has 1 spiro atoms. The minimum Gasteiger partial charge on any atom is -0.345 e. The number of hydrogen-bond acceptors (Lipinski definition) is 3. The van der Waals surface area contributed by atoms with Crippen molar-refractivity contribution in [3.63, 3.8) is 0 Å². The van der Waals surface area contributed by atoms with Crippen molar-refractivity contribution in [2.45, 2.75) is 37.6 Å². The summed E-state index contributed by atoms with van der Waals surface area (Å²) >= 11 is 0. The molecule has 0 saturated heterocycles. The molecule has 1 aliphatic heterocycles. The van der Waals surface area contributed by atoms with Gasteiger partial charge in [0.25, 0.3) is 5.91 Å². The van der Waals surface area contributed by atoms with Crippen molar-refractivity contribution in [2.24, 2.45) is 7.05 Å². The fourth-order valence-electron chi connectivity index (χ4n) is 5.29. The monoisotopic (exact) mass is 397 g/mol. The van der Waals surface area contributed by atoms with Gasteiger partial charge in [-0.1, -0.05) is 25.3 Å². The van der Waals surface area contributed by atoms with Crippen molar-refractivity contribution in [2.75, 3.05) is 0 Å². The molecule has 6 heteroatoms. The largest absolute Gasteiger partial charge is 0.345 e. The lowest BCUT2D eigenvalue weighted by Crippen LogP contribution is -2.40. The molecule has 0 atom stereocenters. The summed E-state index contributed by atoms with van der Waals surface area (Å²) in [6, 6.07) is 8.31. The fourth-order valence-corrected chi connectivity index (χ4v) is 5.29. The maximum atomic E-state index is 12.7. The van der Waals surface area contributed by atoms with E-state index in [1.165, 1.54) is 6.42 Å². The molecule has 1 aromatic carbocycles. The van der Waals surface area contributed by atoms with Crippen molar-refractivity contribution in [1.82, 2.24) is 25.1 Å². The quantitative estimate of drug-likeness (QED) is 0.522. The molecule has 2 aliphatic rings. The van der Waals surface area contributed by atoms with Crippen molar-refractivity contribution in [1.29, 1.82) is 0 Å². The third-order valence-electron chi connectivity index (χ3n) is 6.74. The number of pyridine rings is 1. The number of aromatic amines is 1.